The fourth-order valence-corrected chi connectivity index (χ4v) is 6.78. The molecule has 0 unspecified atom stereocenters. The van der Waals surface area contributed by atoms with Crippen LogP contribution in [0.25, 0.3) is 22.5 Å². The number of aromatic nitrogens is 6. The van der Waals surface area contributed by atoms with Gasteiger partial charge in [0.25, 0.3) is 5.56 Å². The van der Waals surface area contributed by atoms with Crippen molar-refractivity contribution in [2.75, 3.05) is 0 Å². The second-order valence-corrected chi connectivity index (χ2v) is 12.2. The second kappa shape index (κ2) is 13.7. The van der Waals surface area contributed by atoms with E-state index in [9.17, 15) is 9.59 Å². The van der Waals surface area contributed by atoms with Crippen molar-refractivity contribution in [3.63, 3.8) is 0 Å². The highest BCUT2D eigenvalue weighted by molar-refractivity contribution is 6.29. The van der Waals surface area contributed by atoms with Gasteiger partial charge in [0.05, 0.1) is 6.54 Å². The van der Waals surface area contributed by atoms with E-state index in [1.807, 2.05) is 109 Å². The monoisotopic (exact) mass is 664 g/mol. The summed E-state index contributed by atoms with van der Waals surface area (Å²) >= 11 is 6.37. The Labute approximate surface area is 288 Å². The Morgan fingerprint density at radius 3 is 1.73 bits per heavy atom. The van der Waals surface area contributed by atoms with E-state index in [1.54, 1.807) is 0 Å². The van der Waals surface area contributed by atoms with Gasteiger partial charge in [0, 0.05) is 18.2 Å². The van der Waals surface area contributed by atoms with Gasteiger partial charge < -0.3 is 0 Å². The number of hydrogen-bond donors (Lipinski definition) is 0. The molecule has 0 aliphatic carbocycles. The van der Waals surface area contributed by atoms with Crippen LogP contribution in [0.1, 0.15) is 35.6 Å². The molecular formula is C40H33ClN6O2. The minimum absolute atomic E-state index is 0.113. The quantitative estimate of drug-likeness (QED) is 0.113. The maximum absolute atomic E-state index is 13.1. The zero-order valence-electron chi connectivity index (χ0n) is 26.9. The summed E-state index contributed by atoms with van der Waals surface area (Å²) in [5.41, 5.74) is 4.98. The standard InChI is InChI=1S/C40H33ClN6O2/c1-2-26-45-37(48)27-36(41)46(39(45)49)28-29-22-24-30(25-23-29)34-20-12-13-21-35(34)38-42-43-44-47(38)40(31-14-6-3-7-15-31,32-16-8-4-9-17-32)33-18-10-5-11-19-33/h3-25,27H,2,26,28H2,1H3. The molecule has 0 aliphatic rings. The van der Waals surface area contributed by atoms with Gasteiger partial charge in [-0.05, 0) is 50.2 Å². The van der Waals surface area contributed by atoms with Gasteiger partial charge in [0.2, 0.25) is 0 Å². The first-order valence-electron chi connectivity index (χ1n) is 16.2. The molecule has 5 aromatic carbocycles. The molecule has 0 aliphatic heterocycles. The molecule has 9 heteroatoms. The van der Waals surface area contributed by atoms with Crippen molar-refractivity contribution in [1.29, 1.82) is 0 Å². The highest BCUT2D eigenvalue weighted by atomic mass is 35.5. The van der Waals surface area contributed by atoms with Crippen molar-refractivity contribution in [2.24, 2.45) is 0 Å². The molecule has 7 rings (SSSR count). The molecule has 8 nitrogen and oxygen atoms in total. The normalized spacial score (nSPS) is 11.5. The zero-order valence-corrected chi connectivity index (χ0v) is 27.6. The highest BCUT2D eigenvalue weighted by Crippen LogP contribution is 2.43. The molecule has 49 heavy (non-hydrogen) atoms. The van der Waals surface area contributed by atoms with E-state index >= 15 is 0 Å². The van der Waals surface area contributed by atoms with Crippen molar-refractivity contribution >= 4 is 11.6 Å². The van der Waals surface area contributed by atoms with Gasteiger partial charge >= 0.3 is 5.69 Å². The number of rotatable bonds is 10. The summed E-state index contributed by atoms with van der Waals surface area (Å²) in [4.78, 5) is 25.5. The summed E-state index contributed by atoms with van der Waals surface area (Å²) in [6.07, 6.45) is 0.664. The van der Waals surface area contributed by atoms with Crippen LogP contribution in [0.2, 0.25) is 5.15 Å². The Balaban J connectivity index is 1.35. The average molecular weight is 665 g/mol. The third kappa shape index (κ3) is 5.81. The van der Waals surface area contributed by atoms with E-state index in [2.05, 4.69) is 52.8 Å². The minimum atomic E-state index is -0.889. The fourth-order valence-electron chi connectivity index (χ4n) is 6.55. The topological polar surface area (TPSA) is 87.6 Å². The van der Waals surface area contributed by atoms with Crippen molar-refractivity contribution in [2.45, 2.75) is 32.0 Å². The number of halogens is 1. The van der Waals surface area contributed by atoms with Crippen LogP contribution in [-0.4, -0.2) is 29.3 Å². The predicted molar refractivity (Wildman–Crippen MR) is 193 cm³/mol. The lowest BCUT2D eigenvalue weighted by atomic mass is 9.77. The molecule has 0 bridgehead atoms. The van der Waals surface area contributed by atoms with E-state index in [-0.39, 0.29) is 11.7 Å². The third-order valence-electron chi connectivity index (χ3n) is 8.81. The lowest BCUT2D eigenvalue weighted by molar-refractivity contribution is 0.451. The highest BCUT2D eigenvalue weighted by Gasteiger charge is 2.42. The summed E-state index contributed by atoms with van der Waals surface area (Å²) in [7, 11) is 0. The molecule has 0 fully saturated rings. The molecule has 242 valence electrons. The van der Waals surface area contributed by atoms with Crippen LogP contribution in [0.3, 0.4) is 0 Å². The van der Waals surface area contributed by atoms with Gasteiger partial charge in [0.15, 0.2) is 5.82 Å². The van der Waals surface area contributed by atoms with Crippen molar-refractivity contribution in [3.8, 4) is 22.5 Å². The van der Waals surface area contributed by atoms with Crippen LogP contribution in [0.15, 0.2) is 155 Å². The number of benzene rings is 5. The second-order valence-electron chi connectivity index (χ2n) is 11.8. The predicted octanol–water partition coefficient (Wildman–Crippen LogP) is 7.28. The average Bonchev–Trinajstić information content (AvgIpc) is 3.64. The van der Waals surface area contributed by atoms with Gasteiger partial charge in [0.1, 0.15) is 10.7 Å². The Morgan fingerprint density at radius 1 is 0.653 bits per heavy atom. The first-order valence-corrected chi connectivity index (χ1v) is 16.5. The summed E-state index contributed by atoms with van der Waals surface area (Å²) < 4.78 is 4.58. The molecule has 0 N–H and O–H groups in total. The summed E-state index contributed by atoms with van der Waals surface area (Å²) in [6, 6.07) is 48.3. The van der Waals surface area contributed by atoms with Crippen molar-refractivity contribution in [3.05, 3.63) is 194 Å². The first kappa shape index (κ1) is 31.7. The zero-order chi connectivity index (χ0) is 33.8. The molecule has 0 amide bonds. The number of hydrogen-bond acceptors (Lipinski definition) is 5. The smallest absolute Gasteiger partial charge is 0.279 e. The Hall–Kier alpha value is -5.86. The van der Waals surface area contributed by atoms with Gasteiger partial charge in [-0.25, -0.2) is 9.48 Å². The molecule has 0 radical (unpaired) electrons. The molecule has 7 aromatic rings. The van der Waals surface area contributed by atoms with E-state index in [4.69, 9.17) is 16.8 Å². The number of tetrazole rings is 1. The van der Waals surface area contributed by atoms with Gasteiger partial charge in [-0.1, -0.05) is 158 Å². The summed E-state index contributed by atoms with van der Waals surface area (Å²) in [5.74, 6) is 0.604. The molecule has 0 saturated carbocycles. The fraction of sp³-hybridized carbons (Fsp3) is 0.125. The van der Waals surface area contributed by atoms with E-state index in [1.165, 1.54) is 15.2 Å². The van der Waals surface area contributed by atoms with Crippen LogP contribution < -0.4 is 11.2 Å². The molecule has 2 heterocycles. The van der Waals surface area contributed by atoms with Crippen LogP contribution >= 0.6 is 11.6 Å². The van der Waals surface area contributed by atoms with Gasteiger partial charge in [-0.3, -0.25) is 13.9 Å². The SMILES string of the molecule is CCCn1c(=O)cc(Cl)n(Cc2ccc(-c3ccccc3-c3nnnn3C(c3ccccc3)(c3ccccc3)c3ccccc3)cc2)c1=O. The van der Waals surface area contributed by atoms with Crippen molar-refractivity contribution in [1.82, 2.24) is 29.3 Å². The van der Waals surface area contributed by atoms with Crippen LogP contribution in [-0.2, 0) is 18.6 Å². The van der Waals surface area contributed by atoms with Gasteiger partial charge in [-0.15, -0.1) is 5.10 Å². The third-order valence-corrected chi connectivity index (χ3v) is 9.12. The first-order chi connectivity index (χ1) is 24.0. The molecule has 0 atom stereocenters. The molecule has 0 spiro atoms. The van der Waals surface area contributed by atoms with E-state index < -0.39 is 16.8 Å². The molecule has 0 saturated heterocycles. The maximum Gasteiger partial charge on any atom is 0.332 e. The van der Waals surface area contributed by atoms with Crippen molar-refractivity contribution < 1.29 is 0 Å². The number of nitrogens with zero attached hydrogens (tertiary/aromatic N) is 6. The van der Waals surface area contributed by atoms with Crippen LogP contribution in [0.5, 0.6) is 0 Å². The van der Waals surface area contributed by atoms with Crippen LogP contribution in [0.4, 0.5) is 0 Å². The van der Waals surface area contributed by atoms with Crippen LogP contribution in [0, 0.1) is 0 Å². The maximum atomic E-state index is 13.1. The lowest BCUT2D eigenvalue weighted by Gasteiger charge is -2.36. The van der Waals surface area contributed by atoms with E-state index in [0.717, 1.165) is 38.9 Å². The Bertz CT molecular complexity index is 2220. The van der Waals surface area contributed by atoms with E-state index in [0.29, 0.717) is 18.8 Å². The largest absolute Gasteiger partial charge is 0.332 e. The minimum Gasteiger partial charge on any atom is -0.279 e. The lowest BCUT2D eigenvalue weighted by Crippen LogP contribution is -2.39. The van der Waals surface area contributed by atoms with Gasteiger partial charge in [-0.2, -0.15) is 0 Å². The summed E-state index contributed by atoms with van der Waals surface area (Å²) in [5, 5.41) is 13.8. The molecule has 2 aromatic heterocycles. The Morgan fingerprint density at radius 2 is 1.18 bits per heavy atom. The Kier molecular flexibility index (Phi) is 8.87. The summed E-state index contributed by atoms with van der Waals surface area (Å²) in [6.45, 7) is 2.49. The molecular weight excluding hydrogens is 632 g/mol.